The fourth-order valence-corrected chi connectivity index (χ4v) is 2.04. The number of allylic oxidation sites excluding steroid dienone is 1. The molecule has 0 fully saturated rings. The molecule has 0 aliphatic rings. The summed E-state index contributed by atoms with van der Waals surface area (Å²) in [5.74, 6) is -0.909. The van der Waals surface area contributed by atoms with Gasteiger partial charge in [-0.2, -0.15) is 0 Å². The number of rotatable bonds is 6. The normalized spacial score (nSPS) is 13.3. The molecule has 1 atom stereocenters. The number of carboxylic acid groups (broad SMARTS) is 1. The Bertz CT molecular complexity index is 511. The van der Waals surface area contributed by atoms with Crippen LogP contribution in [0.25, 0.3) is 0 Å². The second-order valence-electron chi connectivity index (χ2n) is 5.44. The van der Waals surface area contributed by atoms with Gasteiger partial charge in [0.2, 0.25) is 0 Å². The minimum Gasteiger partial charge on any atom is -0.478 e. The molecular weight excluding hydrogens is 252 g/mol. The highest BCUT2D eigenvalue weighted by molar-refractivity contribution is 6.15. The number of carbonyl (C=O) groups excluding carboxylic acids is 1. The van der Waals surface area contributed by atoms with Gasteiger partial charge in [0.05, 0.1) is 5.57 Å². The molecule has 20 heavy (non-hydrogen) atoms. The predicted molar refractivity (Wildman–Crippen MR) is 80.0 cm³/mol. The van der Waals surface area contributed by atoms with Crippen molar-refractivity contribution in [3.05, 3.63) is 47.0 Å². The minimum atomic E-state index is -1.15. The number of carbonyl (C=O) groups is 2. The molecule has 1 aromatic rings. The number of ketones is 1. The van der Waals surface area contributed by atoms with Crippen molar-refractivity contribution < 1.29 is 14.7 Å². The van der Waals surface area contributed by atoms with E-state index in [1.54, 1.807) is 0 Å². The lowest BCUT2D eigenvalue weighted by Gasteiger charge is -2.13. The van der Waals surface area contributed by atoms with Crippen LogP contribution in [0.15, 0.2) is 35.9 Å². The SMILES string of the molecule is CC(=O)/C(=C\CC(C)c1cccc(C(C)C)c1)C(=O)O. The lowest BCUT2D eigenvalue weighted by molar-refractivity contribution is -0.134. The molecule has 3 heteroatoms. The topological polar surface area (TPSA) is 54.4 Å². The smallest absolute Gasteiger partial charge is 0.338 e. The van der Waals surface area contributed by atoms with Gasteiger partial charge < -0.3 is 5.11 Å². The average Bonchev–Trinajstić information content (AvgIpc) is 2.38. The van der Waals surface area contributed by atoms with Crippen molar-refractivity contribution in [1.29, 1.82) is 0 Å². The Morgan fingerprint density at radius 1 is 1.20 bits per heavy atom. The van der Waals surface area contributed by atoms with Gasteiger partial charge in [-0.05, 0) is 36.3 Å². The lowest BCUT2D eigenvalue weighted by atomic mass is 9.92. The van der Waals surface area contributed by atoms with Gasteiger partial charge in [0, 0.05) is 0 Å². The quantitative estimate of drug-likeness (QED) is 0.486. The van der Waals surface area contributed by atoms with Crippen molar-refractivity contribution in [3.8, 4) is 0 Å². The molecule has 0 amide bonds. The summed E-state index contributed by atoms with van der Waals surface area (Å²) < 4.78 is 0. The molecule has 0 aliphatic heterocycles. The Morgan fingerprint density at radius 2 is 1.80 bits per heavy atom. The molecular formula is C17H22O3. The van der Waals surface area contributed by atoms with E-state index in [9.17, 15) is 9.59 Å². The first-order chi connectivity index (χ1) is 9.32. The Labute approximate surface area is 120 Å². The molecule has 3 nitrogen and oxygen atoms in total. The third-order valence-electron chi connectivity index (χ3n) is 3.43. The molecule has 1 aromatic carbocycles. The highest BCUT2D eigenvalue weighted by Crippen LogP contribution is 2.24. The van der Waals surface area contributed by atoms with E-state index >= 15 is 0 Å². The summed E-state index contributed by atoms with van der Waals surface area (Å²) in [6.45, 7) is 7.60. The summed E-state index contributed by atoms with van der Waals surface area (Å²) in [4.78, 5) is 22.2. The number of Topliss-reactive ketones (excluding diaryl/α,β-unsaturated/α-hetero) is 1. The van der Waals surface area contributed by atoms with Crippen LogP contribution in [-0.4, -0.2) is 16.9 Å². The summed E-state index contributed by atoms with van der Waals surface area (Å²) in [5, 5.41) is 8.95. The maximum Gasteiger partial charge on any atom is 0.338 e. The van der Waals surface area contributed by atoms with Crippen LogP contribution in [0.3, 0.4) is 0 Å². The molecule has 108 valence electrons. The number of aliphatic carboxylic acids is 1. The van der Waals surface area contributed by atoms with E-state index in [0.717, 1.165) is 0 Å². The summed E-state index contributed by atoms with van der Waals surface area (Å²) in [6.07, 6.45) is 2.07. The van der Waals surface area contributed by atoms with Crippen molar-refractivity contribution in [1.82, 2.24) is 0 Å². The standard InChI is InChI=1S/C17H22O3/c1-11(2)14-6-5-7-15(10-14)12(3)8-9-16(13(4)18)17(19)20/h5-7,9-12H,8H2,1-4H3,(H,19,20)/b16-9+. The monoisotopic (exact) mass is 274 g/mol. The molecule has 0 saturated heterocycles. The van der Waals surface area contributed by atoms with Gasteiger partial charge >= 0.3 is 5.97 Å². The minimum absolute atomic E-state index is 0.128. The zero-order valence-electron chi connectivity index (χ0n) is 12.5. The van der Waals surface area contributed by atoms with E-state index in [2.05, 4.69) is 26.0 Å². The Morgan fingerprint density at radius 3 is 2.30 bits per heavy atom. The first kappa shape index (κ1) is 16.2. The van der Waals surface area contributed by atoms with E-state index in [4.69, 9.17) is 5.11 Å². The lowest BCUT2D eigenvalue weighted by Crippen LogP contribution is -2.09. The Hall–Kier alpha value is -1.90. The van der Waals surface area contributed by atoms with Crippen molar-refractivity contribution in [2.75, 3.05) is 0 Å². The molecule has 0 radical (unpaired) electrons. The first-order valence-corrected chi connectivity index (χ1v) is 6.87. The molecule has 0 spiro atoms. The van der Waals surface area contributed by atoms with Gasteiger partial charge in [0.1, 0.15) is 0 Å². The van der Waals surface area contributed by atoms with Gasteiger partial charge in [-0.25, -0.2) is 4.79 Å². The summed E-state index contributed by atoms with van der Waals surface area (Å²) >= 11 is 0. The Balaban J connectivity index is 2.88. The molecule has 0 saturated carbocycles. The molecule has 0 heterocycles. The van der Waals surface area contributed by atoms with Crippen molar-refractivity contribution in [3.63, 3.8) is 0 Å². The third kappa shape index (κ3) is 4.34. The maximum absolute atomic E-state index is 11.2. The molecule has 0 bridgehead atoms. The Kier molecular flexibility index (Phi) is 5.68. The van der Waals surface area contributed by atoms with Gasteiger partial charge in [0.25, 0.3) is 0 Å². The molecule has 1 N–H and O–H groups in total. The van der Waals surface area contributed by atoms with Crippen molar-refractivity contribution in [2.24, 2.45) is 0 Å². The second-order valence-corrected chi connectivity index (χ2v) is 5.44. The van der Waals surface area contributed by atoms with Crippen LogP contribution in [0, 0.1) is 0 Å². The number of carboxylic acids is 1. The highest BCUT2D eigenvalue weighted by Gasteiger charge is 2.13. The predicted octanol–water partition coefficient (Wildman–Crippen LogP) is 3.90. The maximum atomic E-state index is 11.2. The largest absolute Gasteiger partial charge is 0.478 e. The van der Waals surface area contributed by atoms with Crippen molar-refractivity contribution >= 4 is 11.8 Å². The van der Waals surface area contributed by atoms with Crippen LogP contribution in [0.1, 0.15) is 57.1 Å². The molecule has 0 aromatic heterocycles. The van der Waals surface area contributed by atoms with E-state index < -0.39 is 11.8 Å². The van der Waals surface area contributed by atoms with Crippen LogP contribution in [0.4, 0.5) is 0 Å². The fraction of sp³-hybridized carbons (Fsp3) is 0.412. The molecule has 0 aliphatic carbocycles. The number of benzene rings is 1. The number of hydrogen-bond acceptors (Lipinski definition) is 2. The zero-order chi connectivity index (χ0) is 15.3. The van der Waals surface area contributed by atoms with E-state index in [-0.39, 0.29) is 11.5 Å². The van der Waals surface area contributed by atoms with Crippen LogP contribution in [0.2, 0.25) is 0 Å². The third-order valence-corrected chi connectivity index (χ3v) is 3.43. The average molecular weight is 274 g/mol. The fourth-order valence-electron chi connectivity index (χ4n) is 2.04. The highest BCUT2D eigenvalue weighted by atomic mass is 16.4. The van der Waals surface area contributed by atoms with Gasteiger partial charge in [-0.1, -0.05) is 51.1 Å². The number of hydrogen-bond donors (Lipinski definition) is 1. The van der Waals surface area contributed by atoms with Crippen LogP contribution < -0.4 is 0 Å². The summed E-state index contributed by atoms with van der Waals surface area (Å²) in [5.41, 5.74) is 2.31. The van der Waals surface area contributed by atoms with Gasteiger partial charge in [-0.3, -0.25) is 4.79 Å². The molecule has 1 rings (SSSR count). The summed E-state index contributed by atoms with van der Waals surface area (Å²) in [6, 6.07) is 8.30. The van der Waals surface area contributed by atoms with Crippen molar-refractivity contribution in [2.45, 2.75) is 46.0 Å². The first-order valence-electron chi connectivity index (χ1n) is 6.87. The zero-order valence-corrected chi connectivity index (χ0v) is 12.5. The molecule has 1 unspecified atom stereocenters. The van der Waals surface area contributed by atoms with Crippen LogP contribution in [-0.2, 0) is 9.59 Å². The van der Waals surface area contributed by atoms with Gasteiger partial charge in [-0.15, -0.1) is 0 Å². The van der Waals surface area contributed by atoms with E-state index in [1.165, 1.54) is 24.1 Å². The van der Waals surface area contributed by atoms with Gasteiger partial charge in [0.15, 0.2) is 5.78 Å². The van der Waals surface area contributed by atoms with Crippen LogP contribution >= 0.6 is 0 Å². The van der Waals surface area contributed by atoms with Crippen LogP contribution in [0.5, 0.6) is 0 Å². The van der Waals surface area contributed by atoms with E-state index in [0.29, 0.717) is 12.3 Å². The second kappa shape index (κ2) is 7.04. The summed E-state index contributed by atoms with van der Waals surface area (Å²) in [7, 11) is 0. The van der Waals surface area contributed by atoms with E-state index in [1.807, 2.05) is 19.1 Å².